The summed E-state index contributed by atoms with van der Waals surface area (Å²) in [7, 11) is 0. The minimum absolute atomic E-state index is 0.00213. The molecule has 0 aliphatic carbocycles. The van der Waals surface area contributed by atoms with Crippen LogP contribution in [0.3, 0.4) is 0 Å². The van der Waals surface area contributed by atoms with Crippen LogP contribution < -0.4 is 5.73 Å². The fourth-order valence-electron chi connectivity index (χ4n) is 0.984. The average molecular weight is 197 g/mol. The molecule has 0 heterocycles. The first kappa shape index (κ1) is 10.1. The molecular weight excluding hydrogens is 186 g/mol. The molecule has 0 aromatic heterocycles. The summed E-state index contributed by atoms with van der Waals surface area (Å²) < 4.78 is 0. The number of aromatic hydroxyl groups is 1. The predicted molar refractivity (Wildman–Crippen MR) is 53.3 cm³/mol. The Morgan fingerprint density at radius 2 is 2.31 bits per heavy atom. The van der Waals surface area contributed by atoms with Crippen LogP contribution >= 0.6 is 11.8 Å². The molecule has 0 amide bonds. The molecule has 0 aliphatic heterocycles. The molecular formula is C9H11NO2S. The van der Waals surface area contributed by atoms with Crippen molar-refractivity contribution < 1.29 is 9.90 Å². The molecule has 0 aliphatic rings. The maximum absolute atomic E-state index is 11.1. The Labute approximate surface area is 80.9 Å². The number of hydrogen-bond donors (Lipinski definition) is 2. The smallest absolute Gasteiger partial charge is 0.180 e. The standard InChI is InChI=1S/C9H11NO2S/c1-13-6-2-3-7(8(11)4-6)9(12)5-10/h2-4,11H,5,10H2,1H3. The van der Waals surface area contributed by atoms with Crippen molar-refractivity contribution >= 4 is 17.5 Å². The topological polar surface area (TPSA) is 63.3 Å². The first-order chi connectivity index (χ1) is 6.19. The second-order valence-electron chi connectivity index (χ2n) is 2.51. The fourth-order valence-corrected chi connectivity index (χ4v) is 1.42. The van der Waals surface area contributed by atoms with Gasteiger partial charge >= 0.3 is 0 Å². The molecule has 13 heavy (non-hydrogen) atoms. The van der Waals surface area contributed by atoms with Crippen LogP contribution in [0.5, 0.6) is 5.75 Å². The van der Waals surface area contributed by atoms with Crippen molar-refractivity contribution in [2.75, 3.05) is 12.8 Å². The van der Waals surface area contributed by atoms with Crippen LogP contribution in [0.4, 0.5) is 0 Å². The van der Waals surface area contributed by atoms with E-state index >= 15 is 0 Å². The Balaban J connectivity index is 3.05. The van der Waals surface area contributed by atoms with Crippen LogP contribution in [0, 0.1) is 0 Å². The van der Waals surface area contributed by atoms with Crippen LogP contribution in [-0.4, -0.2) is 23.7 Å². The number of ketones is 1. The molecule has 0 unspecified atom stereocenters. The van der Waals surface area contributed by atoms with Crippen LogP contribution in [0.2, 0.25) is 0 Å². The van der Waals surface area contributed by atoms with Gasteiger partial charge in [0.25, 0.3) is 0 Å². The number of phenols is 1. The van der Waals surface area contributed by atoms with Crippen LogP contribution in [-0.2, 0) is 0 Å². The molecule has 0 radical (unpaired) electrons. The summed E-state index contributed by atoms with van der Waals surface area (Å²) in [4.78, 5) is 12.1. The molecule has 0 saturated carbocycles. The van der Waals surface area contributed by atoms with Gasteiger partial charge in [-0.15, -0.1) is 11.8 Å². The van der Waals surface area contributed by atoms with E-state index in [1.807, 2.05) is 6.26 Å². The Kier molecular flexibility index (Phi) is 3.33. The second kappa shape index (κ2) is 4.30. The zero-order chi connectivity index (χ0) is 9.84. The highest BCUT2D eigenvalue weighted by atomic mass is 32.2. The lowest BCUT2D eigenvalue weighted by molar-refractivity contribution is 0.0999. The van der Waals surface area contributed by atoms with E-state index in [2.05, 4.69) is 0 Å². The highest BCUT2D eigenvalue weighted by Crippen LogP contribution is 2.24. The van der Waals surface area contributed by atoms with Gasteiger partial charge in [-0.05, 0) is 24.5 Å². The van der Waals surface area contributed by atoms with Gasteiger partial charge in [0.1, 0.15) is 5.75 Å². The molecule has 1 aromatic carbocycles. The molecule has 3 N–H and O–H groups in total. The van der Waals surface area contributed by atoms with Gasteiger partial charge in [-0.25, -0.2) is 0 Å². The highest BCUT2D eigenvalue weighted by Gasteiger charge is 2.08. The third-order valence-electron chi connectivity index (χ3n) is 1.69. The van der Waals surface area contributed by atoms with Gasteiger partial charge in [0.05, 0.1) is 12.1 Å². The first-order valence-corrected chi connectivity index (χ1v) is 5.01. The third kappa shape index (κ3) is 2.23. The van der Waals surface area contributed by atoms with Crippen molar-refractivity contribution in [1.29, 1.82) is 0 Å². The molecule has 0 spiro atoms. The van der Waals surface area contributed by atoms with Crippen molar-refractivity contribution in [2.45, 2.75) is 4.90 Å². The third-order valence-corrected chi connectivity index (χ3v) is 2.42. The lowest BCUT2D eigenvalue weighted by Gasteiger charge is -2.03. The lowest BCUT2D eigenvalue weighted by atomic mass is 10.1. The zero-order valence-corrected chi connectivity index (χ0v) is 8.10. The summed E-state index contributed by atoms with van der Waals surface area (Å²) in [5, 5.41) is 9.43. The van der Waals surface area contributed by atoms with Crippen molar-refractivity contribution in [1.82, 2.24) is 0 Å². The highest BCUT2D eigenvalue weighted by molar-refractivity contribution is 7.98. The van der Waals surface area contributed by atoms with Gasteiger partial charge in [0, 0.05) is 4.90 Å². The summed E-state index contributed by atoms with van der Waals surface area (Å²) in [5.74, 6) is -0.243. The lowest BCUT2D eigenvalue weighted by Crippen LogP contribution is -2.13. The Bertz CT molecular complexity index is 325. The number of nitrogens with two attached hydrogens (primary N) is 1. The Morgan fingerprint density at radius 1 is 1.62 bits per heavy atom. The van der Waals surface area contributed by atoms with E-state index < -0.39 is 0 Å². The Hall–Kier alpha value is -1.00. The van der Waals surface area contributed by atoms with E-state index in [0.29, 0.717) is 5.56 Å². The maximum atomic E-state index is 11.1. The van der Waals surface area contributed by atoms with Gasteiger partial charge in [-0.2, -0.15) is 0 Å². The van der Waals surface area contributed by atoms with Crippen LogP contribution in [0.1, 0.15) is 10.4 Å². The summed E-state index contributed by atoms with van der Waals surface area (Å²) >= 11 is 1.51. The zero-order valence-electron chi connectivity index (χ0n) is 7.28. The van der Waals surface area contributed by atoms with Crippen LogP contribution in [0.25, 0.3) is 0 Å². The number of carbonyl (C=O) groups excluding carboxylic acids is 1. The van der Waals surface area contributed by atoms with E-state index in [4.69, 9.17) is 5.73 Å². The number of hydrogen-bond acceptors (Lipinski definition) is 4. The van der Waals surface area contributed by atoms with Gasteiger partial charge in [0.2, 0.25) is 0 Å². The number of phenolic OH excluding ortho intramolecular Hbond substituents is 1. The monoisotopic (exact) mass is 197 g/mol. The normalized spacial score (nSPS) is 10.0. The predicted octanol–water partition coefficient (Wildman–Crippen LogP) is 1.26. The molecule has 0 bridgehead atoms. The van der Waals surface area contributed by atoms with Gasteiger partial charge in [-0.1, -0.05) is 0 Å². The van der Waals surface area contributed by atoms with E-state index in [1.165, 1.54) is 11.8 Å². The van der Waals surface area contributed by atoms with E-state index in [0.717, 1.165) is 4.90 Å². The summed E-state index contributed by atoms with van der Waals surface area (Å²) in [5.41, 5.74) is 5.47. The second-order valence-corrected chi connectivity index (χ2v) is 3.39. The van der Waals surface area contributed by atoms with Gasteiger partial charge in [-0.3, -0.25) is 4.79 Å². The van der Waals surface area contributed by atoms with Gasteiger partial charge < -0.3 is 10.8 Å². The summed E-state index contributed by atoms with van der Waals surface area (Å²) in [6.45, 7) is -0.0772. The number of rotatable bonds is 3. The van der Waals surface area contributed by atoms with Gasteiger partial charge in [0.15, 0.2) is 5.78 Å². The molecule has 0 saturated heterocycles. The van der Waals surface area contributed by atoms with E-state index in [9.17, 15) is 9.90 Å². The number of carbonyl (C=O) groups is 1. The molecule has 1 aromatic rings. The maximum Gasteiger partial charge on any atom is 0.180 e. The van der Waals surface area contributed by atoms with E-state index in [1.54, 1.807) is 18.2 Å². The Morgan fingerprint density at radius 3 is 2.77 bits per heavy atom. The first-order valence-electron chi connectivity index (χ1n) is 3.79. The molecule has 0 atom stereocenters. The SMILES string of the molecule is CSc1ccc(C(=O)CN)c(O)c1. The van der Waals surface area contributed by atoms with Crippen LogP contribution in [0.15, 0.2) is 23.1 Å². The van der Waals surface area contributed by atoms with E-state index in [-0.39, 0.29) is 18.1 Å². The largest absolute Gasteiger partial charge is 0.507 e. The van der Waals surface area contributed by atoms with Crippen molar-refractivity contribution in [3.8, 4) is 5.75 Å². The quantitative estimate of drug-likeness (QED) is 0.565. The minimum Gasteiger partial charge on any atom is -0.507 e. The minimum atomic E-state index is -0.245. The van der Waals surface area contributed by atoms with Crippen molar-refractivity contribution in [3.05, 3.63) is 23.8 Å². The summed E-state index contributed by atoms with van der Waals surface area (Å²) in [6.07, 6.45) is 1.90. The molecule has 70 valence electrons. The molecule has 3 nitrogen and oxygen atoms in total. The number of thioether (sulfide) groups is 1. The van der Waals surface area contributed by atoms with Crippen molar-refractivity contribution in [3.63, 3.8) is 0 Å². The molecule has 0 fully saturated rings. The average Bonchev–Trinajstić information content (AvgIpc) is 2.16. The number of benzene rings is 1. The fraction of sp³-hybridized carbons (Fsp3) is 0.222. The summed E-state index contributed by atoms with van der Waals surface area (Å²) in [6, 6.07) is 4.94. The number of Topliss-reactive ketones (excluding diaryl/α,β-unsaturated/α-hetero) is 1. The van der Waals surface area contributed by atoms with Crippen molar-refractivity contribution in [2.24, 2.45) is 5.73 Å². The molecule has 4 heteroatoms. The molecule has 1 rings (SSSR count).